The average molecular weight is 284 g/mol. The van der Waals surface area contributed by atoms with Crippen LogP contribution < -0.4 is 0 Å². The summed E-state index contributed by atoms with van der Waals surface area (Å²) in [6.07, 6.45) is 0. The van der Waals surface area contributed by atoms with E-state index in [9.17, 15) is 14.4 Å². The van der Waals surface area contributed by atoms with E-state index in [1.54, 1.807) is 0 Å². The summed E-state index contributed by atoms with van der Waals surface area (Å²) in [5, 5.41) is -1.23. The predicted molar refractivity (Wildman–Crippen MR) is 79.1 cm³/mol. The summed E-state index contributed by atoms with van der Waals surface area (Å²) in [5.41, 5.74) is -0.458. The Morgan fingerprint density at radius 2 is 1.21 bits per heavy atom. The van der Waals surface area contributed by atoms with E-state index in [1.807, 2.05) is 71.9 Å². The van der Waals surface area contributed by atoms with Crippen LogP contribution in [0, 0.1) is 10.8 Å². The smallest absolute Gasteiger partial charge is 0.324 e. The quantitative estimate of drug-likeness (QED) is 0.802. The Labute approximate surface area is 116 Å². The van der Waals surface area contributed by atoms with Gasteiger partial charge in [0.05, 0.1) is 0 Å². The van der Waals surface area contributed by atoms with Gasteiger partial charge in [-0.25, -0.2) is 0 Å². The van der Waals surface area contributed by atoms with Crippen LogP contribution in [-0.2, 0) is 9.72 Å². The molecule has 0 amide bonds. The van der Waals surface area contributed by atoms with E-state index in [4.69, 9.17) is 0 Å². The number of benzene rings is 1. The lowest BCUT2D eigenvalue weighted by Crippen LogP contribution is -2.49. The van der Waals surface area contributed by atoms with E-state index in [0.717, 1.165) is 0 Å². The summed E-state index contributed by atoms with van der Waals surface area (Å²) in [6, 6.07) is 9.15. The maximum absolute atomic E-state index is 12.4. The third-order valence-electron chi connectivity index (χ3n) is 3.80. The minimum atomic E-state index is -4.37. The highest BCUT2D eigenvalue weighted by molar-refractivity contribution is 7.53. The normalized spacial score (nSPS) is 14.5. The second-order valence-corrected chi connectivity index (χ2v) is 8.88. The van der Waals surface area contributed by atoms with Crippen LogP contribution in [0.25, 0.3) is 0 Å². The van der Waals surface area contributed by atoms with Crippen molar-refractivity contribution < 1.29 is 14.4 Å². The molecule has 108 valence electrons. The minimum Gasteiger partial charge on any atom is -0.324 e. The van der Waals surface area contributed by atoms with Crippen LogP contribution in [0.2, 0.25) is 0 Å². The standard InChI is InChI=1S/C15H25O3P/c1-13(2,3)15(14(4,5)6,19(16,17)18)12-10-8-7-9-11-12/h7-11H,1-6H3,(H2,16,17,18). The van der Waals surface area contributed by atoms with Crippen molar-refractivity contribution in [1.29, 1.82) is 0 Å². The van der Waals surface area contributed by atoms with Crippen molar-refractivity contribution in [2.24, 2.45) is 10.8 Å². The van der Waals surface area contributed by atoms with E-state index in [-0.39, 0.29) is 0 Å². The summed E-state index contributed by atoms with van der Waals surface area (Å²) in [6.45, 7) is 11.4. The molecule has 0 bridgehead atoms. The van der Waals surface area contributed by atoms with Crippen LogP contribution in [0.3, 0.4) is 0 Å². The van der Waals surface area contributed by atoms with Gasteiger partial charge >= 0.3 is 7.60 Å². The second kappa shape index (κ2) is 4.73. The summed E-state index contributed by atoms with van der Waals surface area (Å²) < 4.78 is 12.4. The Balaban J connectivity index is 3.81. The zero-order valence-electron chi connectivity index (χ0n) is 12.6. The van der Waals surface area contributed by atoms with Gasteiger partial charge in [-0.15, -0.1) is 0 Å². The lowest BCUT2D eigenvalue weighted by molar-refractivity contribution is 0.0984. The molecule has 0 radical (unpaired) electrons. The fraction of sp³-hybridized carbons (Fsp3) is 0.600. The van der Waals surface area contributed by atoms with Gasteiger partial charge in [-0.3, -0.25) is 4.57 Å². The molecule has 2 N–H and O–H groups in total. The molecule has 19 heavy (non-hydrogen) atoms. The van der Waals surface area contributed by atoms with E-state index in [1.165, 1.54) is 0 Å². The zero-order valence-corrected chi connectivity index (χ0v) is 13.5. The lowest BCUT2D eigenvalue weighted by atomic mass is 9.62. The van der Waals surface area contributed by atoms with Crippen molar-refractivity contribution in [3.63, 3.8) is 0 Å². The summed E-state index contributed by atoms with van der Waals surface area (Å²) in [7, 11) is -4.37. The molecule has 4 heteroatoms. The van der Waals surface area contributed by atoms with Gasteiger partial charge in [0, 0.05) is 0 Å². The molecule has 0 aromatic heterocycles. The van der Waals surface area contributed by atoms with E-state index >= 15 is 0 Å². The Kier molecular flexibility index (Phi) is 4.09. The molecule has 0 unspecified atom stereocenters. The van der Waals surface area contributed by atoms with E-state index < -0.39 is 23.6 Å². The van der Waals surface area contributed by atoms with Gasteiger partial charge < -0.3 is 9.79 Å². The molecule has 3 nitrogen and oxygen atoms in total. The van der Waals surface area contributed by atoms with Crippen molar-refractivity contribution >= 4 is 7.60 Å². The SMILES string of the molecule is CC(C)(C)C(c1ccccc1)(C(C)(C)C)P(=O)(O)O. The number of hydrogen-bond acceptors (Lipinski definition) is 1. The van der Waals surface area contributed by atoms with Crippen molar-refractivity contribution in [3.05, 3.63) is 35.9 Å². The third kappa shape index (κ3) is 2.52. The van der Waals surface area contributed by atoms with Crippen LogP contribution >= 0.6 is 7.60 Å². The number of hydrogen-bond donors (Lipinski definition) is 2. The molecule has 0 spiro atoms. The fourth-order valence-corrected chi connectivity index (χ4v) is 5.95. The molecule has 0 heterocycles. The molecular formula is C15H25O3P. The molecule has 0 aliphatic heterocycles. The summed E-state index contributed by atoms with van der Waals surface area (Å²) in [5.74, 6) is 0. The molecule has 1 aromatic carbocycles. The molecule has 1 rings (SSSR count). The third-order valence-corrected chi connectivity index (χ3v) is 6.27. The van der Waals surface area contributed by atoms with Gasteiger partial charge in [-0.1, -0.05) is 71.9 Å². The Morgan fingerprint density at radius 1 is 0.842 bits per heavy atom. The van der Waals surface area contributed by atoms with Gasteiger partial charge in [-0.05, 0) is 16.4 Å². The highest BCUT2D eigenvalue weighted by Gasteiger charge is 2.62. The van der Waals surface area contributed by atoms with Crippen LogP contribution in [0.5, 0.6) is 0 Å². The highest BCUT2D eigenvalue weighted by atomic mass is 31.2. The van der Waals surface area contributed by atoms with Gasteiger partial charge in [-0.2, -0.15) is 0 Å². The lowest BCUT2D eigenvalue weighted by Gasteiger charge is -2.53. The Bertz CT molecular complexity index is 460. The van der Waals surface area contributed by atoms with Crippen LogP contribution in [0.4, 0.5) is 0 Å². The maximum Gasteiger partial charge on any atom is 0.337 e. The van der Waals surface area contributed by atoms with Gasteiger partial charge in [0.15, 0.2) is 0 Å². The molecular weight excluding hydrogens is 259 g/mol. The first-order valence-electron chi connectivity index (χ1n) is 6.47. The Morgan fingerprint density at radius 3 is 1.47 bits per heavy atom. The van der Waals surface area contributed by atoms with Crippen molar-refractivity contribution in [2.45, 2.75) is 46.7 Å². The fourth-order valence-electron chi connectivity index (χ4n) is 3.71. The first kappa shape index (κ1) is 16.4. The average Bonchev–Trinajstić information content (AvgIpc) is 2.12. The second-order valence-electron chi connectivity index (χ2n) is 7.12. The topological polar surface area (TPSA) is 57.5 Å². The van der Waals surface area contributed by atoms with Gasteiger partial charge in [0.1, 0.15) is 5.16 Å². The molecule has 0 atom stereocenters. The van der Waals surface area contributed by atoms with Gasteiger partial charge in [0.25, 0.3) is 0 Å². The molecule has 0 saturated carbocycles. The largest absolute Gasteiger partial charge is 0.337 e. The minimum absolute atomic E-state index is 0.578. The molecule has 0 fully saturated rings. The number of rotatable bonds is 2. The van der Waals surface area contributed by atoms with E-state index in [2.05, 4.69) is 0 Å². The van der Waals surface area contributed by atoms with Gasteiger partial charge in [0.2, 0.25) is 0 Å². The predicted octanol–water partition coefficient (Wildman–Crippen LogP) is 4.15. The van der Waals surface area contributed by atoms with Crippen molar-refractivity contribution in [2.75, 3.05) is 0 Å². The summed E-state index contributed by atoms with van der Waals surface area (Å²) in [4.78, 5) is 20.3. The highest BCUT2D eigenvalue weighted by Crippen LogP contribution is 2.72. The zero-order chi connectivity index (χ0) is 15.1. The molecule has 0 saturated heterocycles. The first-order valence-corrected chi connectivity index (χ1v) is 8.08. The molecule has 0 aliphatic rings. The monoisotopic (exact) mass is 284 g/mol. The summed E-state index contributed by atoms with van der Waals surface area (Å²) >= 11 is 0. The Hall–Kier alpha value is -0.630. The van der Waals surface area contributed by atoms with Crippen LogP contribution in [0.1, 0.15) is 47.1 Å². The van der Waals surface area contributed by atoms with Crippen LogP contribution in [0.15, 0.2) is 30.3 Å². The van der Waals surface area contributed by atoms with E-state index in [0.29, 0.717) is 5.56 Å². The first-order chi connectivity index (χ1) is 8.36. The van der Waals surface area contributed by atoms with Crippen molar-refractivity contribution in [1.82, 2.24) is 0 Å². The molecule has 1 aromatic rings. The van der Waals surface area contributed by atoms with Crippen LogP contribution in [-0.4, -0.2) is 9.79 Å². The maximum atomic E-state index is 12.4. The van der Waals surface area contributed by atoms with Crippen molar-refractivity contribution in [3.8, 4) is 0 Å². The molecule has 0 aliphatic carbocycles.